The minimum atomic E-state index is 0.493. The highest BCUT2D eigenvalue weighted by Crippen LogP contribution is 2.39. The summed E-state index contributed by atoms with van der Waals surface area (Å²) in [6.07, 6.45) is 0. The van der Waals surface area contributed by atoms with Crippen molar-refractivity contribution >= 4 is 43.6 Å². The van der Waals surface area contributed by atoms with E-state index in [0.717, 1.165) is 88.4 Å². The molecule has 10 aromatic rings. The van der Waals surface area contributed by atoms with E-state index in [1.807, 2.05) is 30.3 Å². The Bertz CT molecular complexity index is 2900. The zero-order valence-electron chi connectivity index (χ0n) is 29.2. The average molecular weight is 639 g/mol. The first kappa shape index (κ1) is 26.3. The predicted molar refractivity (Wildman–Crippen MR) is 211 cm³/mol. The summed E-state index contributed by atoms with van der Waals surface area (Å²) in [5.41, 5.74) is 13.4. The molecule has 0 aliphatic carbocycles. The third kappa shape index (κ3) is 4.57. The number of para-hydroxylation sites is 3. The van der Waals surface area contributed by atoms with E-state index in [-0.39, 0.29) is 0 Å². The molecule has 0 fully saturated rings. The zero-order chi connectivity index (χ0) is 34.8. The van der Waals surface area contributed by atoms with Crippen LogP contribution >= 0.6 is 0 Å². The molecule has 2 heteroatoms. The van der Waals surface area contributed by atoms with Crippen molar-refractivity contribution in [2.45, 2.75) is 0 Å². The fourth-order valence-corrected chi connectivity index (χ4v) is 7.64. The minimum Gasteiger partial charge on any atom is -0.309 e. The SMILES string of the molecule is [2H]c1ccc2c(c1)c1cc(-c3ccc4c5cc([2H])ccc5n(-c5cc(-c6ccccc6)cc(-c6ccccc6)c5)c4c3)ccc1n2-c1ccccc1. The Labute approximate surface area is 293 Å². The Hall–Kier alpha value is -6.64. The van der Waals surface area contributed by atoms with Crippen LogP contribution in [0.2, 0.25) is 0 Å². The Morgan fingerprint density at radius 2 is 0.780 bits per heavy atom. The van der Waals surface area contributed by atoms with Crippen molar-refractivity contribution in [1.29, 1.82) is 0 Å². The van der Waals surface area contributed by atoms with Gasteiger partial charge in [-0.25, -0.2) is 0 Å². The molecule has 0 aliphatic rings. The summed E-state index contributed by atoms with van der Waals surface area (Å²) in [5.74, 6) is 0. The van der Waals surface area contributed by atoms with Gasteiger partial charge in [0.1, 0.15) is 0 Å². The molecule has 0 atom stereocenters. The summed E-state index contributed by atoms with van der Waals surface area (Å²) in [5, 5.41) is 4.36. The molecule has 2 nitrogen and oxygen atoms in total. The van der Waals surface area contributed by atoms with Crippen LogP contribution in [0, 0.1) is 0 Å². The molecule has 8 aromatic carbocycles. The van der Waals surface area contributed by atoms with Crippen molar-refractivity contribution in [3.63, 3.8) is 0 Å². The van der Waals surface area contributed by atoms with Gasteiger partial charge in [0.25, 0.3) is 0 Å². The van der Waals surface area contributed by atoms with Crippen LogP contribution in [0.3, 0.4) is 0 Å². The van der Waals surface area contributed by atoms with Crippen LogP contribution < -0.4 is 0 Å². The molecule has 0 saturated heterocycles. The first-order valence-corrected chi connectivity index (χ1v) is 17.0. The third-order valence-electron chi connectivity index (χ3n) is 9.96. The highest BCUT2D eigenvalue weighted by molar-refractivity contribution is 6.12. The minimum absolute atomic E-state index is 0.493. The lowest BCUT2D eigenvalue weighted by atomic mass is 9.98. The van der Waals surface area contributed by atoms with Gasteiger partial charge in [-0.15, -0.1) is 0 Å². The summed E-state index contributed by atoms with van der Waals surface area (Å²) in [7, 11) is 0. The number of hydrogen-bond acceptors (Lipinski definition) is 0. The van der Waals surface area contributed by atoms with E-state index in [1.165, 1.54) is 0 Å². The van der Waals surface area contributed by atoms with Crippen molar-refractivity contribution in [2.75, 3.05) is 0 Å². The highest BCUT2D eigenvalue weighted by atomic mass is 15.0. The summed E-state index contributed by atoms with van der Waals surface area (Å²) in [6.45, 7) is 0. The smallest absolute Gasteiger partial charge is 0.0623 e. The quantitative estimate of drug-likeness (QED) is 0.178. The van der Waals surface area contributed by atoms with Gasteiger partial charge in [-0.05, 0) is 94.0 Å². The van der Waals surface area contributed by atoms with Crippen LogP contribution in [0.25, 0.3) is 88.4 Å². The number of benzene rings is 8. The number of nitrogens with zero attached hydrogens (tertiary/aromatic N) is 2. The second kappa shape index (κ2) is 11.5. The predicted octanol–water partition coefficient (Wildman–Crippen LogP) is 12.9. The van der Waals surface area contributed by atoms with Gasteiger partial charge in [-0.2, -0.15) is 0 Å². The molecular weight excluding hydrogens is 605 g/mol. The van der Waals surface area contributed by atoms with E-state index in [0.29, 0.717) is 12.1 Å². The molecule has 0 radical (unpaired) electrons. The van der Waals surface area contributed by atoms with Gasteiger partial charge < -0.3 is 9.13 Å². The van der Waals surface area contributed by atoms with Gasteiger partial charge >= 0.3 is 0 Å². The van der Waals surface area contributed by atoms with Gasteiger partial charge in [0, 0.05) is 32.9 Å². The van der Waals surface area contributed by atoms with Crippen LogP contribution in [0.1, 0.15) is 2.74 Å². The molecule has 0 aliphatic heterocycles. The summed E-state index contributed by atoms with van der Waals surface area (Å²) < 4.78 is 21.6. The maximum atomic E-state index is 8.53. The van der Waals surface area contributed by atoms with Crippen molar-refractivity contribution < 1.29 is 2.74 Å². The van der Waals surface area contributed by atoms with Crippen LogP contribution in [0.5, 0.6) is 0 Å². The number of rotatable bonds is 5. The monoisotopic (exact) mass is 638 g/mol. The lowest BCUT2D eigenvalue weighted by Crippen LogP contribution is -1.96. The fraction of sp³-hybridized carbons (Fsp3) is 0. The summed E-state index contributed by atoms with van der Waals surface area (Å²) in [4.78, 5) is 0. The molecule has 2 heterocycles. The Morgan fingerprint density at radius 3 is 1.42 bits per heavy atom. The number of hydrogen-bond donors (Lipinski definition) is 0. The van der Waals surface area contributed by atoms with Gasteiger partial charge in [-0.3, -0.25) is 0 Å². The summed E-state index contributed by atoms with van der Waals surface area (Å²) >= 11 is 0. The van der Waals surface area contributed by atoms with Gasteiger partial charge in [0.2, 0.25) is 0 Å². The molecule has 0 saturated carbocycles. The van der Waals surface area contributed by atoms with Crippen LogP contribution in [0.15, 0.2) is 194 Å². The van der Waals surface area contributed by atoms with Crippen molar-refractivity contribution in [3.8, 4) is 44.8 Å². The molecule has 50 heavy (non-hydrogen) atoms. The third-order valence-corrected chi connectivity index (χ3v) is 9.96. The van der Waals surface area contributed by atoms with E-state index in [4.69, 9.17) is 2.74 Å². The molecule has 0 bridgehead atoms. The van der Waals surface area contributed by atoms with E-state index in [9.17, 15) is 0 Å². The lowest BCUT2D eigenvalue weighted by molar-refractivity contribution is 1.18. The molecule has 10 rings (SSSR count). The van der Waals surface area contributed by atoms with Gasteiger partial charge in [0.05, 0.1) is 24.8 Å². The Morgan fingerprint density at radius 1 is 0.280 bits per heavy atom. The maximum Gasteiger partial charge on any atom is 0.0623 e. The molecule has 0 unspecified atom stereocenters. The van der Waals surface area contributed by atoms with Crippen molar-refractivity contribution in [2.24, 2.45) is 0 Å². The lowest BCUT2D eigenvalue weighted by Gasteiger charge is -2.14. The van der Waals surface area contributed by atoms with Crippen LogP contribution in [-0.4, -0.2) is 9.13 Å². The van der Waals surface area contributed by atoms with E-state index in [2.05, 4.69) is 161 Å². The molecule has 0 spiro atoms. The first-order chi connectivity index (χ1) is 25.6. The topological polar surface area (TPSA) is 9.86 Å². The van der Waals surface area contributed by atoms with Gasteiger partial charge in [0.15, 0.2) is 0 Å². The standard InChI is InChI=1S/C48H32N2/c1-4-14-33(15-5-1)37-28-38(34-16-6-2-7-17-34)30-40(29-37)50-45-22-12-10-20-41(45)43-26-24-36(32-48(43)50)35-25-27-47-44(31-35)42-21-11-13-23-46(42)49(47)39-18-8-3-9-19-39/h1-32H/i10D,11D. The molecule has 234 valence electrons. The second-order valence-corrected chi connectivity index (χ2v) is 12.9. The van der Waals surface area contributed by atoms with Crippen molar-refractivity contribution in [1.82, 2.24) is 9.13 Å². The number of aromatic nitrogens is 2. The van der Waals surface area contributed by atoms with Crippen LogP contribution in [0.4, 0.5) is 0 Å². The van der Waals surface area contributed by atoms with E-state index >= 15 is 0 Å². The van der Waals surface area contributed by atoms with Crippen molar-refractivity contribution in [3.05, 3.63) is 194 Å². The zero-order valence-corrected chi connectivity index (χ0v) is 27.2. The van der Waals surface area contributed by atoms with Crippen LogP contribution in [-0.2, 0) is 0 Å². The number of fused-ring (bicyclic) bond motifs is 6. The fourth-order valence-electron chi connectivity index (χ4n) is 7.64. The first-order valence-electron chi connectivity index (χ1n) is 18.0. The normalized spacial score (nSPS) is 12.2. The van der Waals surface area contributed by atoms with E-state index in [1.54, 1.807) is 0 Å². The maximum absolute atomic E-state index is 8.53. The molecular formula is C48H32N2. The largest absolute Gasteiger partial charge is 0.309 e. The molecule has 0 N–H and O–H groups in total. The Kier molecular flexibility index (Phi) is 6.06. The molecule has 0 amide bonds. The Balaban J connectivity index is 1.22. The second-order valence-electron chi connectivity index (χ2n) is 12.9. The highest BCUT2D eigenvalue weighted by Gasteiger charge is 2.17. The van der Waals surface area contributed by atoms with E-state index < -0.39 is 0 Å². The average Bonchev–Trinajstić information content (AvgIpc) is 3.69. The van der Waals surface area contributed by atoms with Gasteiger partial charge in [-0.1, -0.05) is 133 Å². The summed E-state index contributed by atoms with van der Waals surface area (Å²) in [6, 6.07) is 64.6. The molecule has 2 aromatic heterocycles.